The van der Waals surface area contributed by atoms with Gasteiger partial charge in [-0.15, -0.1) is 5.10 Å². The first kappa shape index (κ1) is 33.7. The van der Waals surface area contributed by atoms with Gasteiger partial charge >= 0.3 is 12.0 Å². The smallest absolute Gasteiger partial charge is 0.327 e. The molecule has 2 aliphatic heterocycles. The number of piperazine rings is 2. The zero-order chi connectivity index (χ0) is 36.3. The lowest BCUT2D eigenvalue weighted by molar-refractivity contribution is 0.261. The van der Waals surface area contributed by atoms with Crippen LogP contribution < -0.4 is 31.3 Å². The van der Waals surface area contributed by atoms with E-state index in [1.54, 1.807) is 16.8 Å². The predicted octanol–water partition coefficient (Wildman–Crippen LogP) is 3.54. The van der Waals surface area contributed by atoms with Crippen molar-refractivity contribution in [3.8, 4) is 11.5 Å². The quantitative estimate of drug-likeness (QED) is 0.255. The zero-order valence-electron chi connectivity index (χ0n) is 29.2. The van der Waals surface area contributed by atoms with E-state index in [2.05, 4.69) is 35.6 Å². The fourth-order valence-electron chi connectivity index (χ4n) is 6.94. The highest BCUT2D eigenvalue weighted by molar-refractivity contribution is 5.99. The number of anilines is 4. The molecule has 15 nitrogen and oxygen atoms in total. The first-order valence-electron chi connectivity index (χ1n) is 17.5. The van der Waals surface area contributed by atoms with Crippen LogP contribution in [-0.2, 0) is 6.54 Å². The van der Waals surface area contributed by atoms with Gasteiger partial charge in [0.1, 0.15) is 22.7 Å². The third kappa shape index (κ3) is 6.23. The highest BCUT2D eigenvalue weighted by atomic mass is 19.1. The molecule has 5 aromatic rings. The van der Waals surface area contributed by atoms with E-state index in [9.17, 15) is 14.4 Å². The minimum atomic E-state index is -0.851. The molecule has 1 aromatic carbocycles. The van der Waals surface area contributed by atoms with Gasteiger partial charge in [0.05, 0.1) is 22.0 Å². The normalized spacial score (nSPS) is 17.3. The van der Waals surface area contributed by atoms with Gasteiger partial charge in [0, 0.05) is 77.3 Å². The van der Waals surface area contributed by atoms with Gasteiger partial charge in [-0.25, -0.2) is 18.6 Å². The van der Waals surface area contributed by atoms with Gasteiger partial charge in [-0.1, -0.05) is 5.10 Å². The van der Waals surface area contributed by atoms with Gasteiger partial charge < -0.3 is 38.5 Å². The van der Waals surface area contributed by atoms with Gasteiger partial charge in [0.15, 0.2) is 11.6 Å². The number of benzene rings is 1. The summed E-state index contributed by atoms with van der Waals surface area (Å²) in [6.07, 6.45) is 4.89. The standard InChI is InChI=1S/C35H39F2N11O4/c1-4-45-18-23(29(49)22-16-25(37)32(39-31(22)45)47-13-9-44(3)10-14-47)33-41-42-35(52-33)40-34(51)38-26-19-48(20-5-6-20)27-17-28(24(36)15-21(27)30(26)50)46-11-7-43(2)8-12-46/h15-20H,4-14H2,1-3H3,(H2,38,40,42,51). The summed E-state index contributed by atoms with van der Waals surface area (Å²) in [6, 6.07) is 3.10. The molecule has 0 bridgehead atoms. The van der Waals surface area contributed by atoms with Crippen molar-refractivity contribution in [2.75, 3.05) is 86.9 Å². The average Bonchev–Trinajstić information content (AvgIpc) is 3.88. The minimum absolute atomic E-state index is 0.00340. The summed E-state index contributed by atoms with van der Waals surface area (Å²) >= 11 is 0. The molecule has 6 heterocycles. The Bertz CT molecular complexity index is 2320. The molecule has 0 radical (unpaired) electrons. The van der Waals surface area contributed by atoms with E-state index < -0.39 is 28.5 Å². The van der Waals surface area contributed by atoms with Crippen LogP contribution in [0.25, 0.3) is 33.4 Å². The molecular weight excluding hydrogens is 676 g/mol. The molecule has 3 aliphatic rings. The van der Waals surface area contributed by atoms with E-state index in [-0.39, 0.29) is 45.8 Å². The highest BCUT2D eigenvalue weighted by Gasteiger charge is 2.28. The number of halogens is 2. The maximum atomic E-state index is 15.5. The van der Waals surface area contributed by atoms with Crippen LogP contribution in [0.15, 0.2) is 44.6 Å². The minimum Gasteiger partial charge on any atom is -0.403 e. The van der Waals surface area contributed by atoms with Gasteiger partial charge in [-0.05, 0) is 52.1 Å². The second-order valence-corrected chi connectivity index (χ2v) is 13.7. The lowest BCUT2D eigenvalue weighted by atomic mass is 10.1. The number of nitrogens with zero attached hydrogens (tertiary/aromatic N) is 9. The summed E-state index contributed by atoms with van der Waals surface area (Å²) in [6.45, 7) is 8.00. The third-order valence-corrected chi connectivity index (χ3v) is 10.1. The summed E-state index contributed by atoms with van der Waals surface area (Å²) in [5.41, 5.74) is 0.243. The van der Waals surface area contributed by atoms with Crippen molar-refractivity contribution in [1.29, 1.82) is 0 Å². The summed E-state index contributed by atoms with van der Waals surface area (Å²) in [7, 11) is 4.03. The number of rotatable bonds is 7. The molecule has 0 unspecified atom stereocenters. The fraction of sp³-hybridized carbons (Fsp3) is 0.429. The summed E-state index contributed by atoms with van der Waals surface area (Å²) in [4.78, 5) is 53.1. The Morgan fingerprint density at radius 2 is 1.52 bits per heavy atom. The third-order valence-electron chi connectivity index (χ3n) is 10.1. The van der Waals surface area contributed by atoms with E-state index >= 15 is 8.78 Å². The van der Waals surface area contributed by atoms with Crippen LogP contribution in [0, 0.1) is 11.6 Å². The Morgan fingerprint density at radius 1 is 0.846 bits per heavy atom. The van der Waals surface area contributed by atoms with Gasteiger partial charge in [-0.3, -0.25) is 14.9 Å². The van der Waals surface area contributed by atoms with E-state index in [1.165, 1.54) is 18.3 Å². The van der Waals surface area contributed by atoms with Crippen molar-refractivity contribution in [2.24, 2.45) is 0 Å². The molecule has 8 rings (SSSR count). The van der Waals surface area contributed by atoms with Crippen LogP contribution in [-0.4, -0.2) is 107 Å². The van der Waals surface area contributed by atoms with Crippen molar-refractivity contribution in [3.05, 3.63) is 62.7 Å². The molecule has 0 spiro atoms. The monoisotopic (exact) mass is 715 g/mol. The number of pyridine rings is 3. The molecule has 0 atom stereocenters. The summed E-state index contributed by atoms with van der Waals surface area (Å²) in [5, 5.41) is 13.0. The van der Waals surface area contributed by atoms with Crippen molar-refractivity contribution < 1.29 is 18.0 Å². The van der Waals surface area contributed by atoms with Crippen molar-refractivity contribution in [1.82, 2.24) is 34.1 Å². The molecule has 2 saturated heterocycles. The Balaban J connectivity index is 1.04. The van der Waals surface area contributed by atoms with Crippen LogP contribution in [0.5, 0.6) is 0 Å². The SMILES string of the molecule is CCn1cc(-c2nnc(NC(=O)Nc3cn(C4CC4)c4cc(N5CCN(C)CC5)c(F)cc4c3=O)o2)c(=O)c2cc(F)c(N3CCN(C)CC3)nc21. The second kappa shape index (κ2) is 13.3. The largest absolute Gasteiger partial charge is 0.403 e. The van der Waals surface area contributed by atoms with E-state index in [1.807, 2.05) is 35.4 Å². The van der Waals surface area contributed by atoms with Crippen LogP contribution in [0.4, 0.5) is 36.8 Å². The molecule has 272 valence electrons. The molecule has 2 amide bonds. The van der Waals surface area contributed by atoms with Crippen LogP contribution >= 0.6 is 0 Å². The van der Waals surface area contributed by atoms with Gasteiger partial charge in [0.2, 0.25) is 10.9 Å². The Morgan fingerprint density at radius 3 is 2.19 bits per heavy atom. The second-order valence-electron chi connectivity index (χ2n) is 13.7. The molecule has 3 fully saturated rings. The molecule has 52 heavy (non-hydrogen) atoms. The number of carbonyl (C=O) groups excluding carboxylic acids is 1. The number of aryl methyl sites for hydroxylation is 1. The van der Waals surface area contributed by atoms with Crippen LogP contribution in [0.2, 0.25) is 0 Å². The maximum absolute atomic E-state index is 15.5. The van der Waals surface area contributed by atoms with E-state index in [0.717, 1.165) is 39.0 Å². The number of aromatic nitrogens is 5. The molecular formula is C35H39F2N11O4. The Labute approximate surface area is 296 Å². The molecule has 2 N–H and O–H groups in total. The summed E-state index contributed by atoms with van der Waals surface area (Å²) < 4.78 is 40.1. The molecule has 1 aliphatic carbocycles. The zero-order valence-corrected chi connectivity index (χ0v) is 29.2. The highest BCUT2D eigenvalue weighted by Crippen LogP contribution is 2.39. The fourth-order valence-corrected chi connectivity index (χ4v) is 6.94. The number of carbonyl (C=O) groups is 1. The van der Waals surface area contributed by atoms with Crippen LogP contribution in [0.3, 0.4) is 0 Å². The molecule has 17 heteroatoms. The lowest BCUT2D eigenvalue weighted by Crippen LogP contribution is -2.45. The number of likely N-dealkylation sites (N-methyl/N-ethyl adjacent to an activating group) is 2. The topological polar surface area (TPSA) is 150 Å². The van der Waals surface area contributed by atoms with Crippen LogP contribution in [0.1, 0.15) is 25.8 Å². The molecule has 1 saturated carbocycles. The number of fused-ring (bicyclic) bond motifs is 2. The van der Waals surface area contributed by atoms with E-state index in [4.69, 9.17) is 4.42 Å². The predicted molar refractivity (Wildman–Crippen MR) is 193 cm³/mol. The summed E-state index contributed by atoms with van der Waals surface area (Å²) in [5.74, 6) is -1.10. The van der Waals surface area contributed by atoms with Crippen molar-refractivity contribution in [2.45, 2.75) is 32.4 Å². The number of amides is 2. The Hall–Kier alpha value is -5.42. The van der Waals surface area contributed by atoms with Crippen molar-refractivity contribution in [3.63, 3.8) is 0 Å². The lowest BCUT2D eigenvalue weighted by Gasteiger charge is -2.34. The van der Waals surface area contributed by atoms with Gasteiger partial charge in [-0.2, -0.15) is 0 Å². The van der Waals surface area contributed by atoms with Gasteiger partial charge in [0.25, 0.3) is 5.89 Å². The first-order chi connectivity index (χ1) is 25.1. The van der Waals surface area contributed by atoms with E-state index in [0.29, 0.717) is 49.6 Å². The average molecular weight is 716 g/mol. The Kier molecular flexibility index (Phi) is 8.61. The number of hydrogen-bond acceptors (Lipinski definition) is 11. The van der Waals surface area contributed by atoms with Crippen molar-refractivity contribution >= 4 is 51.2 Å². The maximum Gasteiger partial charge on any atom is 0.327 e. The first-order valence-corrected chi connectivity index (χ1v) is 17.5. The number of urea groups is 1. The number of hydrogen-bond donors (Lipinski definition) is 2. The molecule has 4 aromatic heterocycles. The number of nitrogens with one attached hydrogen (secondary N) is 2.